The lowest BCUT2D eigenvalue weighted by Gasteiger charge is -2.00. The highest BCUT2D eigenvalue weighted by Gasteiger charge is 2.11. The molecule has 3 rings (SSSR count). The van der Waals surface area contributed by atoms with Crippen molar-refractivity contribution < 1.29 is 4.79 Å². The maximum absolute atomic E-state index is 12.1. The predicted octanol–water partition coefficient (Wildman–Crippen LogP) is 3.03. The maximum Gasteiger partial charge on any atom is 0.274 e. The summed E-state index contributed by atoms with van der Waals surface area (Å²) in [6.07, 6.45) is 1.63. The van der Waals surface area contributed by atoms with Crippen LogP contribution >= 0.6 is 0 Å². The lowest BCUT2D eigenvalue weighted by Crippen LogP contribution is -2.13. The lowest BCUT2D eigenvalue weighted by atomic mass is 10.1. The highest BCUT2D eigenvalue weighted by Crippen LogP contribution is 2.18. The molecule has 2 N–H and O–H groups in total. The van der Waals surface area contributed by atoms with Crippen LogP contribution in [-0.2, 0) is 0 Å². The molecular formula is C16H14N4O. The van der Waals surface area contributed by atoms with Crippen LogP contribution in [0, 0.1) is 6.92 Å². The van der Waals surface area contributed by atoms with Crippen molar-refractivity contribution in [2.45, 2.75) is 6.92 Å². The second-order valence-electron chi connectivity index (χ2n) is 4.70. The molecule has 0 aliphatic heterocycles. The number of carbonyl (C=O) groups excluding carboxylic acids is 1. The first kappa shape index (κ1) is 13.1. The quantitative estimate of drug-likeness (QED) is 0.773. The zero-order chi connectivity index (χ0) is 14.7. The van der Waals surface area contributed by atoms with Crippen molar-refractivity contribution in [2.24, 2.45) is 0 Å². The lowest BCUT2D eigenvalue weighted by molar-refractivity contribution is 0.102. The number of rotatable bonds is 3. The Bertz CT molecular complexity index is 747. The summed E-state index contributed by atoms with van der Waals surface area (Å²) in [5, 5.41) is 9.63. The number of nitrogens with one attached hydrogen (secondary N) is 2. The van der Waals surface area contributed by atoms with E-state index in [9.17, 15) is 4.79 Å². The number of pyridine rings is 1. The molecule has 1 aromatic carbocycles. The van der Waals surface area contributed by atoms with Gasteiger partial charge in [0.05, 0.1) is 5.69 Å². The number of benzene rings is 1. The van der Waals surface area contributed by atoms with E-state index in [1.54, 1.807) is 24.4 Å². The molecule has 21 heavy (non-hydrogen) atoms. The smallest absolute Gasteiger partial charge is 0.274 e. The molecule has 2 aromatic heterocycles. The minimum Gasteiger partial charge on any atom is -0.305 e. The molecule has 0 atom stereocenters. The van der Waals surface area contributed by atoms with E-state index in [4.69, 9.17) is 0 Å². The molecule has 0 radical (unpaired) electrons. The number of aryl methyl sites for hydroxylation is 1. The summed E-state index contributed by atoms with van der Waals surface area (Å²) in [5.74, 6) is 0.244. The average molecular weight is 278 g/mol. The van der Waals surface area contributed by atoms with Crippen LogP contribution in [0.1, 0.15) is 16.1 Å². The van der Waals surface area contributed by atoms with E-state index < -0.39 is 0 Å². The van der Waals surface area contributed by atoms with Gasteiger partial charge in [-0.25, -0.2) is 4.98 Å². The van der Waals surface area contributed by atoms with Crippen LogP contribution in [0.3, 0.4) is 0 Å². The Hall–Kier alpha value is -2.95. The molecule has 0 saturated heterocycles. The summed E-state index contributed by atoms with van der Waals surface area (Å²) in [7, 11) is 0. The Morgan fingerprint density at radius 1 is 1.14 bits per heavy atom. The van der Waals surface area contributed by atoms with Gasteiger partial charge in [0.1, 0.15) is 11.5 Å². The molecule has 0 aliphatic rings. The fraction of sp³-hybridized carbons (Fsp3) is 0.0625. The third kappa shape index (κ3) is 2.97. The van der Waals surface area contributed by atoms with Crippen molar-refractivity contribution in [3.05, 3.63) is 66.0 Å². The number of hydrogen-bond donors (Lipinski definition) is 2. The standard InChI is InChI=1S/C16H14N4O/c1-11-5-7-12(8-6-11)13-10-14(20-19-13)16(21)18-15-4-2-3-9-17-15/h2-10H,1H3,(H,19,20)(H,17,18,21). The molecule has 3 aromatic rings. The predicted molar refractivity (Wildman–Crippen MR) is 81.0 cm³/mol. The van der Waals surface area contributed by atoms with E-state index in [-0.39, 0.29) is 5.91 Å². The maximum atomic E-state index is 12.1. The van der Waals surface area contributed by atoms with Gasteiger partial charge in [-0.05, 0) is 25.1 Å². The zero-order valence-electron chi connectivity index (χ0n) is 11.5. The number of amides is 1. The number of nitrogens with zero attached hydrogens (tertiary/aromatic N) is 2. The van der Waals surface area contributed by atoms with Crippen LogP contribution in [0.4, 0.5) is 5.82 Å². The van der Waals surface area contributed by atoms with Gasteiger partial charge in [0.2, 0.25) is 0 Å². The Morgan fingerprint density at radius 3 is 2.67 bits per heavy atom. The monoisotopic (exact) mass is 278 g/mol. The van der Waals surface area contributed by atoms with E-state index in [1.165, 1.54) is 5.56 Å². The van der Waals surface area contributed by atoms with E-state index in [1.807, 2.05) is 37.3 Å². The van der Waals surface area contributed by atoms with Gasteiger partial charge in [-0.3, -0.25) is 9.89 Å². The molecule has 5 heteroatoms. The number of hydrogen-bond acceptors (Lipinski definition) is 3. The molecular weight excluding hydrogens is 264 g/mol. The normalized spacial score (nSPS) is 10.3. The summed E-state index contributed by atoms with van der Waals surface area (Å²) in [6, 6.07) is 15.0. The highest BCUT2D eigenvalue weighted by molar-refractivity contribution is 6.02. The van der Waals surface area contributed by atoms with Crippen LogP contribution in [-0.4, -0.2) is 21.1 Å². The first-order chi connectivity index (χ1) is 10.2. The molecule has 2 heterocycles. The number of aromatic amines is 1. The molecule has 0 unspecified atom stereocenters. The minimum absolute atomic E-state index is 0.264. The van der Waals surface area contributed by atoms with Crippen LogP contribution in [0.2, 0.25) is 0 Å². The number of aromatic nitrogens is 3. The molecule has 104 valence electrons. The summed E-state index contributed by atoms with van der Waals surface area (Å²) < 4.78 is 0. The largest absolute Gasteiger partial charge is 0.305 e. The fourth-order valence-corrected chi connectivity index (χ4v) is 1.93. The number of carbonyl (C=O) groups is 1. The van der Waals surface area contributed by atoms with Crippen molar-refractivity contribution in [3.63, 3.8) is 0 Å². The molecule has 5 nitrogen and oxygen atoms in total. The second-order valence-corrected chi connectivity index (χ2v) is 4.70. The van der Waals surface area contributed by atoms with Crippen molar-refractivity contribution >= 4 is 11.7 Å². The van der Waals surface area contributed by atoms with Crippen molar-refractivity contribution in [1.29, 1.82) is 0 Å². The minimum atomic E-state index is -0.264. The summed E-state index contributed by atoms with van der Waals surface area (Å²) in [6.45, 7) is 2.03. The van der Waals surface area contributed by atoms with Gasteiger partial charge in [-0.15, -0.1) is 0 Å². The average Bonchev–Trinajstić information content (AvgIpc) is 2.99. The third-order valence-corrected chi connectivity index (χ3v) is 3.08. The molecule has 0 aliphatic carbocycles. The Balaban J connectivity index is 1.78. The molecule has 0 bridgehead atoms. The van der Waals surface area contributed by atoms with Gasteiger partial charge in [0.15, 0.2) is 0 Å². The van der Waals surface area contributed by atoms with Crippen LogP contribution < -0.4 is 5.32 Å². The topological polar surface area (TPSA) is 70.7 Å². The Labute approximate surface area is 122 Å². The fourth-order valence-electron chi connectivity index (χ4n) is 1.93. The number of H-pyrrole nitrogens is 1. The van der Waals surface area contributed by atoms with E-state index >= 15 is 0 Å². The van der Waals surface area contributed by atoms with Crippen molar-refractivity contribution in [2.75, 3.05) is 5.32 Å². The molecule has 0 spiro atoms. The Morgan fingerprint density at radius 2 is 1.95 bits per heavy atom. The van der Waals surface area contributed by atoms with Crippen LogP contribution in [0.5, 0.6) is 0 Å². The van der Waals surface area contributed by atoms with E-state index in [2.05, 4.69) is 20.5 Å². The third-order valence-electron chi connectivity index (χ3n) is 3.08. The molecule has 0 fully saturated rings. The van der Waals surface area contributed by atoms with Gasteiger partial charge in [-0.1, -0.05) is 35.9 Å². The first-order valence-electron chi connectivity index (χ1n) is 6.57. The second kappa shape index (κ2) is 5.58. The van der Waals surface area contributed by atoms with Gasteiger partial charge in [0, 0.05) is 11.8 Å². The van der Waals surface area contributed by atoms with E-state index in [0.29, 0.717) is 11.5 Å². The SMILES string of the molecule is Cc1ccc(-c2cc(C(=O)Nc3ccccn3)[nH]n2)cc1. The summed E-state index contributed by atoms with van der Waals surface area (Å²) in [4.78, 5) is 16.1. The number of anilines is 1. The van der Waals surface area contributed by atoms with Gasteiger partial charge in [0.25, 0.3) is 5.91 Å². The van der Waals surface area contributed by atoms with E-state index in [0.717, 1.165) is 11.3 Å². The first-order valence-corrected chi connectivity index (χ1v) is 6.57. The summed E-state index contributed by atoms with van der Waals surface area (Å²) >= 11 is 0. The summed E-state index contributed by atoms with van der Waals surface area (Å²) in [5.41, 5.74) is 3.29. The molecule has 0 saturated carbocycles. The van der Waals surface area contributed by atoms with Gasteiger partial charge >= 0.3 is 0 Å². The van der Waals surface area contributed by atoms with Crippen LogP contribution in [0.15, 0.2) is 54.7 Å². The van der Waals surface area contributed by atoms with Crippen molar-refractivity contribution in [1.82, 2.24) is 15.2 Å². The van der Waals surface area contributed by atoms with Crippen molar-refractivity contribution in [3.8, 4) is 11.3 Å². The zero-order valence-corrected chi connectivity index (χ0v) is 11.5. The van der Waals surface area contributed by atoms with Crippen LogP contribution in [0.25, 0.3) is 11.3 Å². The highest BCUT2D eigenvalue weighted by atomic mass is 16.2. The van der Waals surface area contributed by atoms with Gasteiger partial charge in [-0.2, -0.15) is 5.10 Å². The van der Waals surface area contributed by atoms with Gasteiger partial charge < -0.3 is 5.32 Å². The Kier molecular flexibility index (Phi) is 3.47. The molecule has 1 amide bonds.